The van der Waals surface area contributed by atoms with Crippen molar-refractivity contribution in [2.45, 2.75) is 90.4 Å². The summed E-state index contributed by atoms with van der Waals surface area (Å²) in [5, 5.41) is 21.1. The summed E-state index contributed by atoms with van der Waals surface area (Å²) in [5.41, 5.74) is 12.8. The lowest BCUT2D eigenvalue weighted by Crippen LogP contribution is -2.59. The lowest BCUT2D eigenvalue weighted by Gasteiger charge is -2.28. The Morgan fingerprint density at radius 3 is 1.81 bits per heavy atom. The predicted molar refractivity (Wildman–Crippen MR) is 185 cm³/mol. The molecule has 0 aliphatic heterocycles. The lowest BCUT2D eigenvalue weighted by atomic mass is 9.98. The Balaban J connectivity index is 2.16. The molecule has 262 valence electrons. The monoisotopic (exact) mass is 664 g/mol. The van der Waals surface area contributed by atoms with E-state index in [1.807, 2.05) is 74.5 Å². The molecule has 10 N–H and O–H groups in total. The van der Waals surface area contributed by atoms with Crippen LogP contribution in [-0.4, -0.2) is 66.2 Å². The fourth-order valence-corrected chi connectivity index (χ4v) is 5.07. The second kappa shape index (κ2) is 20.3. The molecule has 0 saturated carbocycles. The maximum absolute atomic E-state index is 13.7. The number of nitrogens with one attached hydrogen (secondary N) is 6. The minimum absolute atomic E-state index is 0.00355. The van der Waals surface area contributed by atoms with Gasteiger partial charge in [-0.2, -0.15) is 0 Å². The molecule has 0 heterocycles. The Labute approximate surface area is 283 Å². The second-order valence-corrected chi connectivity index (χ2v) is 12.7. The van der Waals surface area contributed by atoms with Gasteiger partial charge in [0, 0.05) is 19.4 Å². The molecule has 48 heavy (non-hydrogen) atoms. The normalized spacial score (nSPS) is 13.5. The predicted octanol–water partition coefficient (Wildman–Crippen LogP) is 1.25. The maximum Gasteiger partial charge on any atom is 0.243 e. The van der Waals surface area contributed by atoms with Crippen molar-refractivity contribution < 1.29 is 24.0 Å². The molecule has 13 heteroatoms. The van der Waals surface area contributed by atoms with Crippen LogP contribution in [-0.2, 0) is 36.8 Å². The van der Waals surface area contributed by atoms with E-state index in [-0.39, 0.29) is 49.4 Å². The van der Waals surface area contributed by atoms with E-state index in [0.717, 1.165) is 11.1 Å². The summed E-state index contributed by atoms with van der Waals surface area (Å²) in [6.07, 6.45) is 1.75. The van der Waals surface area contributed by atoms with Crippen LogP contribution in [0.15, 0.2) is 60.7 Å². The fourth-order valence-electron chi connectivity index (χ4n) is 5.07. The number of carbonyl (C=O) groups excluding carboxylic acids is 5. The van der Waals surface area contributed by atoms with Crippen LogP contribution >= 0.6 is 0 Å². The largest absolute Gasteiger partial charge is 0.370 e. The van der Waals surface area contributed by atoms with Crippen LogP contribution < -0.4 is 38.1 Å². The van der Waals surface area contributed by atoms with Gasteiger partial charge in [0.1, 0.15) is 24.2 Å². The number of primary amides is 1. The molecule has 0 aliphatic carbocycles. The Morgan fingerprint density at radius 1 is 0.708 bits per heavy atom. The minimum Gasteiger partial charge on any atom is -0.370 e. The van der Waals surface area contributed by atoms with Gasteiger partial charge >= 0.3 is 0 Å². The van der Waals surface area contributed by atoms with Gasteiger partial charge in [-0.3, -0.25) is 29.4 Å². The van der Waals surface area contributed by atoms with Crippen LogP contribution in [0.1, 0.15) is 64.5 Å². The minimum atomic E-state index is -1.02. The van der Waals surface area contributed by atoms with Gasteiger partial charge in [0.15, 0.2) is 5.96 Å². The van der Waals surface area contributed by atoms with Crippen molar-refractivity contribution in [3.8, 4) is 0 Å². The van der Waals surface area contributed by atoms with Gasteiger partial charge < -0.3 is 38.1 Å². The van der Waals surface area contributed by atoms with Gasteiger partial charge in [0.05, 0.1) is 0 Å². The Hall–Kier alpha value is -4.94. The molecule has 0 spiro atoms. The van der Waals surface area contributed by atoms with E-state index >= 15 is 0 Å². The molecule has 0 bridgehead atoms. The summed E-state index contributed by atoms with van der Waals surface area (Å²) in [6.45, 7) is 7.63. The first kappa shape index (κ1) is 39.2. The van der Waals surface area contributed by atoms with Crippen LogP contribution in [0.2, 0.25) is 0 Å². The Morgan fingerprint density at radius 2 is 1.27 bits per heavy atom. The molecular weight excluding hydrogens is 612 g/mol. The van der Waals surface area contributed by atoms with E-state index in [2.05, 4.69) is 26.6 Å². The van der Waals surface area contributed by atoms with Gasteiger partial charge in [-0.25, -0.2) is 0 Å². The van der Waals surface area contributed by atoms with Crippen molar-refractivity contribution in [2.24, 2.45) is 23.3 Å². The van der Waals surface area contributed by atoms with E-state index < -0.39 is 47.8 Å². The lowest BCUT2D eigenvalue weighted by molar-refractivity contribution is -0.135. The van der Waals surface area contributed by atoms with Crippen LogP contribution in [0.4, 0.5) is 0 Å². The van der Waals surface area contributed by atoms with E-state index in [9.17, 15) is 24.0 Å². The van der Waals surface area contributed by atoms with Gasteiger partial charge in [-0.05, 0) is 48.6 Å². The molecule has 2 aromatic rings. The molecular formula is C35H52N8O5. The van der Waals surface area contributed by atoms with Gasteiger partial charge in [-0.1, -0.05) is 88.4 Å². The standard InChI is InChI=1S/C35H52N8O5/c1-22(2)20-28(33(47)43-30(23(3)4)34(48)41-27(31(36)45)21-25-14-9-6-10-15-25)42-32(46)26(16-11-19-39-35(37)38)40-29(44)18-17-24-12-7-5-8-13-24/h5-10,12-15,22-23,26-28,30H,11,16-21H2,1-4H3,(H2,36,45)(H,40,44)(H,41,48)(H,42,46)(H,43,47)(H4,37,38,39). The number of hydrogen-bond acceptors (Lipinski definition) is 6. The topological polar surface area (TPSA) is 221 Å². The molecule has 2 rings (SSSR count). The van der Waals surface area contributed by atoms with Crippen molar-refractivity contribution in [2.75, 3.05) is 6.54 Å². The second-order valence-electron chi connectivity index (χ2n) is 12.7. The number of amides is 5. The number of hydrogen-bond donors (Lipinski definition) is 8. The molecule has 0 fully saturated rings. The Kier molecular flexibility index (Phi) is 16.6. The molecule has 13 nitrogen and oxygen atoms in total. The molecule has 0 saturated heterocycles. The van der Waals surface area contributed by atoms with Crippen molar-refractivity contribution in [1.29, 1.82) is 5.41 Å². The average molecular weight is 665 g/mol. The quantitative estimate of drug-likeness (QED) is 0.0587. The highest BCUT2D eigenvalue weighted by Gasteiger charge is 2.32. The van der Waals surface area contributed by atoms with Crippen molar-refractivity contribution >= 4 is 35.5 Å². The summed E-state index contributed by atoms with van der Waals surface area (Å²) in [5.74, 6) is -3.29. The summed E-state index contributed by atoms with van der Waals surface area (Å²) in [6, 6.07) is 14.6. The zero-order valence-corrected chi connectivity index (χ0v) is 28.4. The zero-order valence-electron chi connectivity index (χ0n) is 28.4. The molecule has 0 radical (unpaired) electrons. The number of rotatable bonds is 20. The van der Waals surface area contributed by atoms with Crippen LogP contribution in [0, 0.1) is 17.2 Å². The highest BCUT2D eigenvalue weighted by Crippen LogP contribution is 2.11. The fraction of sp³-hybridized carbons (Fsp3) is 0.486. The molecule has 4 unspecified atom stereocenters. The van der Waals surface area contributed by atoms with Crippen LogP contribution in [0.5, 0.6) is 0 Å². The number of carbonyl (C=O) groups is 5. The first-order chi connectivity index (χ1) is 22.8. The highest BCUT2D eigenvalue weighted by atomic mass is 16.2. The molecule has 2 aromatic carbocycles. The summed E-state index contributed by atoms with van der Waals surface area (Å²) in [4.78, 5) is 65.7. The smallest absolute Gasteiger partial charge is 0.243 e. The SMILES string of the molecule is CC(C)CC(NC(=O)C(CCCNC(=N)N)NC(=O)CCc1ccccc1)C(=O)NC(C(=O)NC(Cc1ccccc1)C(N)=O)C(C)C. The first-order valence-electron chi connectivity index (χ1n) is 16.4. The van der Waals surface area contributed by atoms with Crippen LogP contribution in [0.3, 0.4) is 0 Å². The van der Waals surface area contributed by atoms with E-state index in [1.165, 1.54) is 0 Å². The summed E-state index contributed by atoms with van der Waals surface area (Å²) < 4.78 is 0. The summed E-state index contributed by atoms with van der Waals surface area (Å²) in [7, 11) is 0. The van der Waals surface area contributed by atoms with Crippen molar-refractivity contribution in [1.82, 2.24) is 26.6 Å². The molecule has 5 amide bonds. The van der Waals surface area contributed by atoms with E-state index in [4.69, 9.17) is 16.9 Å². The zero-order chi connectivity index (χ0) is 35.6. The maximum atomic E-state index is 13.7. The van der Waals surface area contributed by atoms with Gasteiger partial charge in [0.2, 0.25) is 29.5 Å². The van der Waals surface area contributed by atoms with Crippen molar-refractivity contribution in [3.05, 3.63) is 71.8 Å². The molecule has 0 aliphatic rings. The number of guanidine groups is 1. The summed E-state index contributed by atoms with van der Waals surface area (Å²) >= 11 is 0. The number of benzene rings is 2. The van der Waals surface area contributed by atoms with E-state index in [1.54, 1.807) is 13.8 Å². The third-order valence-corrected chi connectivity index (χ3v) is 7.65. The Bertz CT molecular complexity index is 1350. The third-order valence-electron chi connectivity index (χ3n) is 7.65. The number of aryl methyl sites for hydroxylation is 1. The number of nitrogens with two attached hydrogens (primary N) is 2. The van der Waals surface area contributed by atoms with Crippen molar-refractivity contribution in [3.63, 3.8) is 0 Å². The van der Waals surface area contributed by atoms with Crippen LogP contribution in [0.25, 0.3) is 0 Å². The molecule has 0 aromatic heterocycles. The first-order valence-corrected chi connectivity index (χ1v) is 16.4. The van der Waals surface area contributed by atoms with Gasteiger partial charge in [-0.15, -0.1) is 0 Å². The van der Waals surface area contributed by atoms with Gasteiger partial charge in [0.25, 0.3) is 0 Å². The average Bonchev–Trinajstić information content (AvgIpc) is 3.03. The third kappa shape index (κ3) is 14.7. The highest BCUT2D eigenvalue weighted by molar-refractivity contribution is 5.95. The van der Waals surface area contributed by atoms with E-state index in [0.29, 0.717) is 19.4 Å². The molecule has 4 atom stereocenters.